The Hall–Kier alpha value is -1.52. The molecule has 1 aliphatic heterocycles. The highest BCUT2D eigenvalue weighted by atomic mass is 32.2. The van der Waals surface area contributed by atoms with Crippen molar-refractivity contribution in [2.75, 3.05) is 25.6 Å². The Bertz CT molecular complexity index is 747. The fourth-order valence-corrected chi connectivity index (χ4v) is 4.43. The van der Waals surface area contributed by atoms with Crippen LogP contribution in [0.2, 0.25) is 0 Å². The molecule has 0 aromatic carbocycles. The minimum absolute atomic E-state index is 0.0225. The van der Waals surface area contributed by atoms with Crippen LogP contribution in [0.3, 0.4) is 0 Å². The molecule has 0 atom stereocenters. The van der Waals surface area contributed by atoms with E-state index in [1.54, 1.807) is 11.8 Å². The average Bonchev–Trinajstić information content (AvgIpc) is 2.90. The lowest BCUT2D eigenvalue weighted by Crippen LogP contribution is -2.56. The summed E-state index contributed by atoms with van der Waals surface area (Å²) in [5.41, 5.74) is -1.30. The average molecular weight is 376 g/mol. The molecule has 1 saturated heterocycles. The monoisotopic (exact) mass is 376 g/mol. The molecule has 10 heteroatoms. The molecular formula is C14H20N2O6S2. The number of hydrogen-bond acceptors (Lipinski definition) is 6. The quantitative estimate of drug-likeness (QED) is 0.784. The number of aryl methyl sites for hydroxylation is 1. The lowest BCUT2D eigenvalue weighted by molar-refractivity contribution is -0.144. The molecule has 134 valence electrons. The van der Waals surface area contributed by atoms with Gasteiger partial charge in [-0.1, -0.05) is 0 Å². The van der Waals surface area contributed by atoms with Crippen molar-refractivity contribution in [1.29, 1.82) is 0 Å². The van der Waals surface area contributed by atoms with Crippen molar-refractivity contribution in [1.82, 2.24) is 9.62 Å². The Morgan fingerprint density at radius 1 is 1.33 bits per heavy atom. The Balaban J connectivity index is 2.30. The van der Waals surface area contributed by atoms with Gasteiger partial charge < -0.3 is 14.8 Å². The zero-order valence-corrected chi connectivity index (χ0v) is 15.3. The molecule has 0 radical (unpaired) electrons. The summed E-state index contributed by atoms with van der Waals surface area (Å²) < 4.78 is 30.3. The highest BCUT2D eigenvalue weighted by Gasteiger charge is 2.42. The number of nitrogens with zero attached hydrogens (tertiary/aromatic N) is 1. The summed E-state index contributed by atoms with van der Waals surface area (Å²) in [6.07, 6.45) is 0.636. The third-order valence-electron chi connectivity index (χ3n) is 3.98. The molecule has 2 rings (SSSR count). The second kappa shape index (κ2) is 6.77. The van der Waals surface area contributed by atoms with Gasteiger partial charge in [-0.3, -0.25) is 4.79 Å². The van der Waals surface area contributed by atoms with E-state index in [4.69, 9.17) is 4.42 Å². The van der Waals surface area contributed by atoms with E-state index in [-0.39, 0.29) is 16.4 Å². The predicted molar refractivity (Wildman–Crippen MR) is 88.7 cm³/mol. The first-order chi connectivity index (χ1) is 11.1. The first-order valence-corrected chi connectivity index (χ1v) is 9.86. The minimum Gasteiger partial charge on any atom is -0.480 e. The van der Waals surface area contributed by atoms with Gasteiger partial charge >= 0.3 is 5.97 Å². The third-order valence-corrected chi connectivity index (χ3v) is 6.64. The Morgan fingerprint density at radius 2 is 1.92 bits per heavy atom. The van der Waals surface area contributed by atoms with Gasteiger partial charge in [0.2, 0.25) is 5.09 Å². The van der Waals surface area contributed by atoms with Crippen molar-refractivity contribution in [2.24, 2.45) is 0 Å². The number of thioether (sulfide) groups is 1. The summed E-state index contributed by atoms with van der Waals surface area (Å²) in [5, 5.41) is 11.7. The van der Waals surface area contributed by atoms with Gasteiger partial charge in [-0.05, 0) is 31.3 Å². The number of carbonyl (C=O) groups is 2. The topological polar surface area (TPSA) is 117 Å². The van der Waals surface area contributed by atoms with Gasteiger partial charge in [-0.15, -0.1) is 0 Å². The highest BCUT2D eigenvalue weighted by molar-refractivity contribution is 7.99. The van der Waals surface area contributed by atoms with Crippen LogP contribution < -0.4 is 5.32 Å². The summed E-state index contributed by atoms with van der Waals surface area (Å²) in [4.78, 5) is 24.1. The SMILES string of the molecule is Cc1oc(S(=O)(=O)N(C)C)cc1C(=O)NC1(C(=O)O)CCSCC1. The molecule has 0 saturated carbocycles. The van der Waals surface area contributed by atoms with Crippen LogP contribution in [0, 0.1) is 6.92 Å². The van der Waals surface area contributed by atoms with E-state index in [1.807, 2.05) is 0 Å². The molecule has 0 aliphatic carbocycles. The molecule has 2 N–H and O–H groups in total. The molecule has 0 unspecified atom stereocenters. The van der Waals surface area contributed by atoms with Gasteiger partial charge in [-0.2, -0.15) is 11.8 Å². The van der Waals surface area contributed by atoms with Crippen LogP contribution in [0.4, 0.5) is 0 Å². The van der Waals surface area contributed by atoms with Crippen molar-refractivity contribution in [2.45, 2.75) is 30.4 Å². The fourth-order valence-electron chi connectivity index (χ4n) is 2.38. The molecule has 1 amide bonds. The lowest BCUT2D eigenvalue weighted by Gasteiger charge is -2.33. The number of rotatable bonds is 5. The maximum atomic E-state index is 12.5. The standard InChI is InChI=1S/C14H20N2O6S2/c1-9-10(8-11(22-9)24(20,21)16(2)3)12(17)15-14(13(18)19)4-6-23-7-5-14/h8H,4-7H2,1-3H3,(H,15,17)(H,18,19). The zero-order valence-electron chi connectivity index (χ0n) is 13.7. The van der Waals surface area contributed by atoms with Gasteiger partial charge in [0, 0.05) is 20.2 Å². The molecule has 8 nitrogen and oxygen atoms in total. The molecule has 1 fully saturated rings. The van der Waals surface area contributed by atoms with Crippen LogP contribution in [-0.2, 0) is 14.8 Å². The lowest BCUT2D eigenvalue weighted by atomic mass is 9.92. The molecule has 1 aromatic heterocycles. The van der Waals surface area contributed by atoms with Gasteiger partial charge in [0.1, 0.15) is 11.3 Å². The smallest absolute Gasteiger partial charge is 0.329 e. The maximum Gasteiger partial charge on any atom is 0.329 e. The number of aliphatic carboxylic acids is 1. The van der Waals surface area contributed by atoms with Crippen molar-refractivity contribution < 1.29 is 27.5 Å². The Kier molecular flexibility index (Phi) is 5.31. The highest BCUT2D eigenvalue weighted by Crippen LogP contribution is 2.29. The van der Waals surface area contributed by atoms with Gasteiger partial charge in [0.05, 0.1) is 5.56 Å². The van der Waals surface area contributed by atoms with Crippen LogP contribution in [0.1, 0.15) is 29.0 Å². The predicted octanol–water partition coefficient (Wildman–Crippen LogP) is 0.919. The zero-order chi connectivity index (χ0) is 18.1. The number of carboxylic acid groups (broad SMARTS) is 1. The van der Waals surface area contributed by atoms with Crippen LogP contribution in [-0.4, -0.2) is 60.8 Å². The summed E-state index contributed by atoms with van der Waals surface area (Å²) in [6.45, 7) is 1.47. The number of furan rings is 1. The van der Waals surface area contributed by atoms with Crippen LogP contribution in [0.25, 0.3) is 0 Å². The van der Waals surface area contributed by atoms with Crippen LogP contribution in [0.5, 0.6) is 0 Å². The summed E-state index contributed by atoms with van der Waals surface area (Å²) in [6, 6.07) is 1.13. The van der Waals surface area contributed by atoms with Gasteiger partial charge in [-0.25, -0.2) is 17.5 Å². The van der Waals surface area contributed by atoms with E-state index in [1.165, 1.54) is 21.0 Å². The van der Waals surface area contributed by atoms with Crippen molar-refractivity contribution in [3.05, 3.63) is 17.4 Å². The first kappa shape index (κ1) is 18.8. The van der Waals surface area contributed by atoms with Crippen LogP contribution in [0.15, 0.2) is 15.6 Å². The summed E-state index contributed by atoms with van der Waals surface area (Å²) in [7, 11) is -1.10. The number of carboxylic acids is 1. The van der Waals surface area contributed by atoms with E-state index in [9.17, 15) is 23.1 Å². The van der Waals surface area contributed by atoms with Gasteiger partial charge in [0.25, 0.3) is 15.9 Å². The number of amides is 1. The van der Waals surface area contributed by atoms with E-state index in [0.717, 1.165) is 10.4 Å². The maximum absolute atomic E-state index is 12.5. The third kappa shape index (κ3) is 3.45. The van der Waals surface area contributed by atoms with Crippen molar-refractivity contribution in [3.8, 4) is 0 Å². The summed E-state index contributed by atoms with van der Waals surface area (Å²) in [5.74, 6) is -0.336. The largest absolute Gasteiger partial charge is 0.480 e. The van der Waals surface area contributed by atoms with Crippen LogP contribution >= 0.6 is 11.8 Å². The van der Waals surface area contributed by atoms with E-state index in [2.05, 4.69) is 5.32 Å². The second-order valence-corrected chi connectivity index (χ2v) is 9.08. The first-order valence-electron chi connectivity index (χ1n) is 7.27. The molecule has 0 bridgehead atoms. The summed E-state index contributed by atoms with van der Waals surface area (Å²) >= 11 is 1.63. The molecule has 0 spiro atoms. The van der Waals surface area contributed by atoms with E-state index < -0.39 is 27.4 Å². The number of sulfonamides is 1. The number of nitrogens with one attached hydrogen (secondary N) is 1. The Labute approximate surface area is 144 Å². The van der Waals surface area contributed by atoms with Crippen molar-refractivity contribution in [3.63, 3.8) is 0 Å². The minimum atomic E-state index is -3.81. The van der Waals surface area contributed by atoms with Crippen molar-refractivity contribution >= 4 is 33.7 Å². The second-order valence-electron chi connectivity index (χ2n) is 5.78. The normalized spacial score (nSPS) is 17.7. The van der Waals surface area contributed by atoms with E-state index >= 15 is 0 Å². The molecule has 1 aliphatic rings. The molecule has 2 heterocycles. The van der Waals surface area contributed by atoms with E-state index in [0.29, 0.717) is 24.3 Å². The molecular weight excluding hydrogens is 356 g/mol. The number of hydrogen-bond donors (Lipinski definition) is 2. The molecule has 24 heavy (non-hydrogen) atoms. The fraction of sp³-hybridized carbons (Fsp3) is 0.571. The van der Waals surface area contributed by atoms with Gasteiger partial charge in [0.15, 0.2) is 0 Å². The Morgan fingerprint density at radius 3 is 2.42 bits per heavy atom. The number of carbonyl (C=O) groups excluding carboxylic acids is 1. The molecule has 1 aromatic rings.